The quantitative estimate of drug-likeness (QED) is 0.744. The Morgan fingerprint density at radius 2 is 2.14 bits per heavy atom. The van der Waals surface area contributed by atoms with E-state index in [2.05, 4.69) is 16.8 Å². The molecule has 2 rings (SSSR count). The topological polar surface area (TPSA) is 76.2 Å². The monoisotopic (exact) mass is 210 g/mol. The van der Waals surface area contributed by atoms with E-state index >= 15 is 0 Å². The summed E-state index contributed by atoms with van der Waals surface area (Å²) in [5.74, 6) is -0.968. The van der Waals surface area contributed by atoms with Crippen molar-refractivity contribution in [2.45, 2.75) is 0 Å². The molecule has 14 heavy (non-hydrogen) atoms. The van der Waals surface area contributed by atoms with Gasteiger partial charge in [0.1, 0.15) is 0 Å². The van der Waals surface area contributed by atoms with Crippen molar-refractivity contribution >= 4 is 27.5 Å². The number of carboxylic acids is 1. The van der Waals surface area contributed by atoms with Crippen LogP contribution in [-0.2, 0) is 4.79 Å². The number of para-hydroxylation sites is 1. The molecule has 0 bridgehead atoms. The lowest BCUT2D eigenvalue weighted by atomic mass is 10.3. The fourth-order valence-electron chi connectivity index (χ4n) is 0.803. The van der Waals surface area contributed by atoms with Gasteiger partial charge in [-0.1, -0.05) is 12.1 Å². The van der Waals surface area contributed by atoms with Gasteiger partial charge in [0.2, 0.25) is 0 Å². The third kappa shape index (κ3) is 3.12. The molecule has 0 atom stereocenters. The molecule has 0 aliphatic heterocycles. The summed E-state index contributed by atoms with van der Waals surface area (Å²) in [5.41, 5.74) is 7.54. The van der Waals surface area contributed by atoms with Crippen LogP contribution in [0.4, 0.5) is 0 Å². The van der Waals surface area contributed by atoms with E-state index in [4.69, 9.17) is 5.11 Å². The van der Waals surface area contributed by atoms with Gasteiger partial charge in [-0.15, -0.1) is 11.3 Å². The number of hydrogen-bond donors (Lipinski definition) is 2. The number of aromatic nitrogens is 1. The second-order valence-corrected chi connectivity index (χ2v) is 3.30. The summed E-state index contributed by atoms with van der Waals surface area (Å²) in [4.78, 5) is 13.4. The van der Waals surface area contributed by atoms with E-state index in [1.54, 1.807) is 11.3 Å². The number of nitrogens with two attached hydrogens (primary N) is 1. The Labute approximate surface area is 85.0 Å². The molecule has 1 heterocycles. The van der Waals surface area contributed by atoms with Crippen molar-refractivity contribution in [2.75, 3.05) is 6.54 Å². The Bertz CT molecular complexity index is 384. The van der Waals surface area contributed by atoms with Crippen molar-refractivity contribution in [3.8, 4) is 0 Å². The van der Waals surface area contributed by atoms with Crippen LogP contribution in [0.3, 0.4) is 0 Å². The molecule has 0 aliphatic carbocycles. The van der Waals surface area contributed by atoms with E-state index in [0.29, 0.717) is 0 Å². The zero-order valence-corrected chi connectivity index (χ0v) is 8.20. The van der Waals surface area contributed by atoms with Crippen molar-refractivity contribution in [3.05, 3.63) is 29.8 Å². The average Bonchev–Trinajstić information content (AvgIpc) is 2.66. The minimum Gasteiger partial charge on any atom is -0.480 e. The molecule has 1 aromatic heterocycles. The second kappa shape index (κ2) is 5.31. The fraction of sp³-hybridized carbons (Fsp3) is 0.111. The Kier molecular flexibility index (Phi) is 4.03. The first kappa shape index (κ1) is 10.6. The highest BCUT2D eigenvalue weighted by Gasteiger charge is 1.89. The fourth-order valence-corrected chi connectivity index (χ4v) is 1.48. The van der Waals surface area contributed by atoms with E-state index in [1.165, 1.54) is 4.70 Å². The largest absolute Gasteiger partial charge is 0.480 e. The Morgan fingerprint density at radius 3 is 2.71 bits per heavy atom. The first-order valence-corrected chi connectivity index (χ1v) is 4.82. The zero-order valence-electron chi connectivity index (χ0n) is 7.38. The lowest BCUT2D eigenvalue weighted by molar-refractivity contribution is -0.135. The molecule has 0 aliphatic rings. The zero-order chi connectivity index (χ0) is 10.4. The van der Waals surface area contributed by atoms with Crippen LogP contribution in [0.25, 0.3) is 10.2 Å². The predicted octanol–water partition coefficient (Wildman–Crippen LogP) is 1.33. The summed E-state index contributed by atoms with van der Waals surface area (Å²) < 4.78 is 1.26. The van der Waals surface area contributed by atoms with E-state index in [1.807, 2.05) is 23.7 Å². The molecule has 2 aromatic rings. The molecule has 5 heteroatoms. The Balaban J connectivity index is 0.000000171. The van der Waals surface area contributed by atoms with E-state index < -0.39 is 5.97 Å². The SMILES string of the molecule is NCC(=O)O.c1ccc2scnc2c1. The molecule has 0 saturated heterocycles. The second-order valence-electron chi connectivity index (χ2n) is 2.42. The molecule has 0 radical (unpaired) electrons. The van der Waals surface area contributed by atoms with E-state index in [-0.39, 0.29) is 6.54 Å². The maximum absolute atomic E-state index is 9.24. The van der Waals surface area contributed by atoms with Gasteiger partial charge in [0.25, 0.3) is 0 Å². The highest BCUT2D eigenvalue weighted by Crippen LogP contribution is 2.15. The van der Waals surface area contributed by atoms with Crippen LogP contribution in [0, 0.1) is 0 Å². The molecule has 74 valence electrons. The summed E-state index contributed by atoms with van der Waals surface area (Å²) >= 11 is 1.68. The highest BCUT2D eigenvalue weighted by molar-refractivity contribution is 7.16. The number of aliphatic carboxylic acids is 1. The molecular weight excluding hydrogens is 200 g/mol. The molecule has 0 unspecified atom stereocenters. The minimum atomic E-state index is -0.968. The number of carboxylic acid groups (broad SMARTS) is 1. The molecule has 1 aromatic carbocycles. The summed E-state index contributed by atoms with van der Waals surface area (Å²) in [5, 5.41) is 7.60. The van der Waals surface area contributed by atoms with Crippen LogP contribution in [-0.4, -0.2) is 22.6 Å². The van der Waals surface area contributed by atoms with Crippen LogP contribution in [0.15, 0.2) is 29.8 Å². The number of hydrogen-bond acceptors (Lipinski definition) is 4. The normalized spacial score (nSPS) is 9.21. The molecule has 0 saturated carbocycles. The summed E-state index contributed by atoms with van der Waals surface area (Å²) in [7, 11) is 0. The van der Waals surface area contributed by atoms with Crippen molar-refractivity contribution in [3.63, 3.8) is 0 Å². The van der Waals surface area contributed by atoms with Crippen LogP contribution >= 0.6 is 11.3 Å². The number of nitrogens with zero attached hydrogens (tertiary/aromatic N) is 1. The van der Waals surface area contributed by atoms with Gasteiger partial charge in [-0.25, -0.2) is 4.98 Å². The molecule has 3 N–H and O–H groups in total. The maximum Gasteiger partial charge on any atom is 0.317 e. The molecular formula is C9H10N2O2S. The highest BCUT2D eigenvalue weighted by atomic mass is 32.1. The van der Waals surface area contributed by atoms with Crippen molar-refractivity contribution < 1.29 is 9.90 Å². The summed E-state index contributed by atoms with van der Waals surface area (Å²) in [6, 6.07) is 8.13. The van der Waals surface area contributed by atoms with Gasteiger partial charge in [0, 0.05) is 0 Å². The van der Waals surface area contributed by atoms with Gasteiger partial charge in [0.15, 0.2) is 0 Å². The van der Waals surface area contributed by atoms with Crippen LogP contribution < -0.4 is 5.73 Å². The number of carbonyl (C=O) groups is 1. The van der Waals surface area contributed by atoms with E-state index in [9.17, 15) is 4.79 Å². The van der Waals surface area contributed by atoms with Gasteiger partial charge in [-0.3, -0.25) is 4.79 Å². The molecule has 0 amide bonds. The lowest BCUT2D eigenvalue weighted by Gasteiger charge is -1.80. The average molecular weight is 210 g/mol. The van der Waals surface area contributed by atoms with Gasteiger partial charge in [0.05, 0.1) is 22.3 Å². The first-order valence-electron chi connectivity index (χ1n) is 3.94. The first-order chi connectivity index (χ1) is 6.74. The Morgan fingerprint density at radius 1 is 1.50 bits per heavy atom. The van der Waals surface area contributed by atoms with Crippen molar-refractivity contribution in [2.24, 2.45) is 5.73 Å². The van der Waals surface area contributed by atoms with Crippen LogP contribution in [0.2, 0.25) is 0 Å². The maximum atomic E-state index is 9.24. The molecule has 4 nitrogen and oxygen atoms in total. The lowest BCUT2D eigenvalue weighted by Crippen LogP contribution is -2.10. The standard InChI is InChI=1S/C7H5NS.C2H5NO2/c1-2-4-7-6(3-1)8-5-9-7;3-1-2(4)5/h1-5H;1,3H2,(H,4,5). The summed E-state index contributed by atoms with van der Waals surface area (Å²) in [6.07, 6.45) is 0. The number of rotatable bonds is 1. The minimum absolute atomic E-state index is 0.278. The van der Waals surface area contributed by atoms with Crippen molar-refractivity contribution in [1.29, 1.82) is 0 Å². The van der Waals surface area contributed by atoms with Crippen LogP contribution in [0.1, 0.15) is 0 Å². The number of thiazole rings is 1. The van der Waals surface area contributed by atoms with Gasteiger partial charge < -0.3 is 10.8 Å². The van der Waals surface area contributed by atoms with Gasteiger partial charge >= 0.3 is 5.97 Å². The number of fused-ring (bicyclic) bond motifs is 1. The Hall–Kier alpha value is -1.46. The molecule has 0 fully saturated rings. The smallest absolute Gasteiger partial charge is 0.317 e. The number of benzene rings is 1. The predicted molar refractivity (Wildman–Crippen MR) is 56.3 cm³/mol. The van der Waals surface area contributed by atoms with E-state index in [0.717, 1.165) is 5.52 Å². The third-order valence-corrected chi connectivity index (χ3v) is 2.22. The summed E-state index contributed by atoms with van der Waals surface area (Å²) in [6.45, 7) is -0.278. The van der Waals surface area contributed by atoms with Crippen molar-refractivity contribution in [1.82, 2.24) is 4.98 Å². The van der Waals surface area contributed by atoms with Gasteiger partial charge in [-0.2, -0.15) is 0 Å². The van der Waals surface area contributed by atoms with Crippen LogP contribution in [0.5, 0.6) is 0 Å². The van der Waals surface area contributed by atoms with Gasteiger partial charge in [-0.05, 0) is 12.1 Å². The third-order valence-electron chi connectivity index (χ3n) is 1.41. The molecule has 0 spiro atoms.